The van der Waals surface area contributed by atoms with Gasteiger partial charge in [0.1, 0.15) is 0 Å². The second kappa shape index (κ2) is 7.01. The number of hydrogen-bond acceptors (Lipinski definition) is 3. The molecule has 0 amide bonds. The van der Waals surface area contributed by atoms with Gasteiger partial charge in [0, 0.05) is 6.54 Å². The van der Waals surface area contributed by atoms with Gasteiger partial charge in [-0.3, -0.25) is 0 Å². The molecule has 0 radical (unpaired) electrons. The van der Waals surface area contributed by atoms with Crippen LogP contribution in [0.15, 0.2) is 13.6 Å². The van der Waals surface area contributed by atoms with Gasteiger partial charge in [0.2, 0.25) is 0 Å². The van der Waals surface area contributed by atoms with Crippen LogP contribution in [-0.2, 0) is 6.54 Å². The monoisotopic (exact) mass is 354 g/mol. The number of nitrogens with one attached hydrogen (secondary N) is 1. The van der Waals surface area contributed by atoms with Crippen molar-refractivity contribution in [2.45, 2.75) is 13.0 Å². The molecule has 0 fully saturated rings. The Balaban J connectivity index is 2.17. The molecule has 1 N–H and O–H groups in total. The Labute approximate surface area is 112 Å². The van der Waals surface area contributed by atoms with Gasteiger partial charge in [-0.2, -0.15) is 0 Å². The van der Waals surface area contributed by atoms with Crippen molar-refractivity contribution in [1.29, 1.82) is 0 Å². The summed E-state index contributed by atoms with van der Waals surface area (Å²) in [7, 11) is 4.21. The molecule has 1 rings (SSSR count). The second-order valence-electron chi connectivity index (χ2n) is 3.68. The van der Waals surface area contributed by atoms with Crippen LogP contribution in [0.5, 0.6) is 0 Å². The van der Waals surface area contributed by atoms with Gasteiger partial charge in [0.05, 0.1) is 7.57 Å². The lowest BCUT2D eigenvalue weighted by atomic mass is 10.3. The normalized spacial score (nSPS) is 11.3. The van der Waals surface area contributed by atoms with E-state index in [-0.39, 0.29) is 0 Å². The molecule has 5 heteroatoms. The van der Waals surface area contributed by atoms with Crippen LogP contribution in [0, 0.1) is 0 Å². The van der Waals surface area contributed by atoms with Gasteiger partial charge in [0.25, 0.3) is 0 Å². The predicted octanol–water partition coefficient (Wildman–Crippen LogP) is 3.31. The van der Waals surface area contributed by atoms with E-state index in [1.54, 1.807) is 11.3 Å². The largest absolute Gasteiger partial charge is 0.313 e. The molecule has 0 bridgehead atoms. The first-order valence-corrected chi connectivity index (χ1v) is 7.29. The third-order valence-corrected chi connectivity index (χ3v) is 4.47. The Hall–Kier alpha value is 0.580. The third-order valence-electron chi connectivity index (χ3n) is 2.00. The van der Waals surface area contributed by atoms with Gasteiger partial charge < -0.3 is 10.2 Å². The van der Waals surface area contributed by atoms with Crippen LogP contribution >= 0.6 is 43.2 Å². The minimum atomic E-state index is 0.941. The van der Waals surface area contributed by atoms with Crippen molar-refractivity contribution in [1.82, 2.24) is 10.2 Å². The van der Waals surface area contributed by atoms with Crippen LogP contribution in [0.1, 0.15) is 12.0 Å². The van der Waals surface area contributed by atoms with E-state index in [0.29, 0.717) is 0 Å². The van der Waals surface area contributed by atoms with Crippen LogP contribution in [0.3, 0.4) is 0 Å². The standard InChI is InChI=1S/C10H16Br2N2S/c1-14(2)5-3-4-13-7-8-6-9(11)15-10(8)12/h6,13H,3-5,7H2,1-2H3. The zero-order valence-electron chi connectivity index (χ0n) is 9.02. The SMILES string of the molecule is CN(C)CCCNCc1cc(Br)sc1Br. The summed E-state index contributed by atoms with van der Waals surface area (Å²) in [6.45, 7) is 3.15. The Bertz CT molecular complexity index is 300. The number of rotatable bonds is 6. The van der Waals surface area contributed by atoms with Gasteiger partial charge in [-0.15, -0.1) is 11.3 Å². The molecular weight excluding hydrogens is 340 g/mol. The minimum Gasteiger partial charge on any atom is -0.313 e. The second-order valence-corrected chi connectivity index (χ2v) is 7.43. The van der Waals surface area contributed by atoms with Crippen LogP contribution in [0.4, 0.5) is 0 Å². The maximum atomic E-state index is 3.55. The number of halogens is 2. The smallest absolute Gasteiger partial charge is 0.0755 e. The minimum absolute atomic E-state index is 0.941. The highest BCUT2D eigenvalue weighted by atomic mass is 79.9. The van der Waals surface area contributed by atoms with E-state index in [9.17, 15) is 0 Å². The van der Waals surface area contributed by atoms with Crippen LogP contribution in [-0.4, -0.2) is 32.1 Å². The summed E-state index contributed by atoms with van der Waals surface area (Å²) in [6, 6.07) is 2.16. The maximum absolute atomic E-state index is 3.55. The van der Waals surface area contributed by atoms with E-state index in [4.69, 9.17) is 0 Å². The van der Waals surface area contributed by atoms with Gasteiger partial charge in [-0.05, 0) is 77.1 Å². The molecule has 0 aliphatic rings. The molecule has 0 saturated heterocycles. The summed E-state index contributed by atoms with van der Waals surface area (Å²) in [5.74, 6) is 0. The van der Waals surface area contributed by atoms with E-state index in [2.05, 4.69) is 62.2 Å². The van der Waals surface area contributed by atoms with Crippen molar-refractivity contribution in [2.75, 3.05) is 27.2 Å². The maximum Gasteiger partial charge on any atom is 0.0755 e. The molecule has 1 heterocycles. The van der Waals surface area contributed by atoms with Crippen molar-refractivity contribution >= 4 is 43.2 Å². The highest BCUT2D eigenvalue weighted by Crippen LogP contribution is 2.31. The molecule has 0 unspecified atom stereocenters. The number of thiophene rings is 1. The van der Waals surface area contributed by atoms with Gasteiger partial charge in [0.15, 0.2) is 0 Å². The Morgan fingerprint density at radius 3 is 2.67 bits per heavy atom. The van der Waals surface area contributed by atoms with E-state index < -0.39 is 0 Å². The van der Waals surface area contributed by atoms with Crippen molar-refractivity contribution in [3.8, 4) is 0 Å². The first-order chi connectivity index (χ1) is 7.09. The van der Waals surface area contributed by atoms with E-state index >= 15 is 0 Å². The topological polar surface area (TPSA) is 15.3 Å². The lowest BCUT2D eigenvalue weighted by Crippen LogP contribution is -2.20. The van der Waals surface area contributed by atoms with Gasteiger partial charge in [-0.25, -0.2) is 0 Å². The van der Waals surface area contributed by atoms with E-state index in [1.807, 2.05) is 0 Å². The van der Waals surface area contributed by atoms with E-state index in [1.165, 1.54) is 19.6 Å². The fourth-order valence-electron chi connectivity index (χ4n) is 1.24. The summed E-state index contributed by atoms with van der Waals surface area (Å²) in [6.07, 6.45) is 1.19. The average Bonchev–Trinajstić information content (AvgIpc) is 2.44. The summed E-state index contributed by atoms with van der Waals surface area (Å²) in [5, 5.41) is 3.44. The number of hydrogen-bond donors (Lipinski definition) is 1. The molecule has 86 valence electrons. The Kier molecular flexibility index (Phi) is 6.38. The van der Waals surface area contributed by atoms with Crippen molar-refractivity contribution in [3.05, 3.63) is 19.2 Å². The lowest BCUT2D eigenvalue weighted by Gasteiger charge is -2.09. The van der Waals surface area contributed by atoms with Gasteiger partial charge in [-0.1, -0.05) is 0 Å². The Morgan fingerprint density at radius 1 is 1.40 bits per heavy atom. The highest BCUT2D eigenvalue weighted by molar-refractivity contribution is 9.12. The molecule has 15 heavy (non-hydrogen) atoms. The summed E-state index contributed by atoms with van der Waals surface area (Å²) in [5.41, 5.74) is 1.33. The van der Waals surface area contributed by atoms with Crippen LogP contribution in [0.25, 0.3) is 0 Å². The molecule has 0 atom stereocenters. The number of nitrogens with zero attached hydrogens (tertiary/aromatic N) is 1. The summed E-state index contributed by atoms with van der Waals surface area (Å²) in [4.78, 5) is 2.21. The first kappa shape index (κ1) is 13.6. The lowest BCUT2D eigenvalue weighted by molar-refractivity contribution is 0.394. The van der Waals surface area contributed by atoms with Crippen molar-refractivity contribution < 1.29 is 0 Å². The van der Waals surface area contributed by atoms with Crippen molar-refractivity contribution in [3.63, 3.8) is 0 Å². The Morgan fingerprint density at radius 2 is 2.13 bits per heavy atom. The fourth-order valence-corrected chi connectivity index (χ4v) is 4.06. The highest BCUT2D eigenvalue weighted by Gasteiger charge is 2.03. The molecular formula is C10H16Br2N2S. The predicted molar refractivity (Wildman–Crippen MR) is 74.6 cm³/mol. The zero-order valence-corrected chi connectivity index (χ0v) is 13.0. The molecule has 0 aromatic carbocycles. The molecule has 0 aliphatic heterocycles. The summed E-state index contributed by atoms with van der Waals surface area (Å²) < 4.78 is 2.40. The van der Waals surface area contributed by atoms with Crippen LogP contribution < -0.4 is 5.32 Å². The van der Waals surface area contributed by atoms with E-state index in [0.717, 1.165) is 19.6 Å². The molecule has 0 saturated carbocycles. The summed E-state index contributed by atoms with van der Waals surface area (Å²) >= 11 is 8.75. The van der Waals surface area contributed by atoms with Crippen LogP contribution in [0.2, 0.25) is 0 Å². The third kappa shape index (κ3) is 5.45. The molecule has 0 aliphatic carbocycles. The fraction of sp³-hybridized carbons (Fsp3) is 0.600. The quantitative estimate of drug-likeness (QED) is 0.787. The first-order valence-electron chi connectivity index (χ1n) is 4.88. The zero-order chi connectivity index (χ0) is 11.3. The van der Waals surface area contributed by atoms with Crippen molar-refractivity contribution in [2.24, 2.45) is 0 Å². The van der Waals surface area contributed by atoms with Gasteiger partial charge >= 0.3 is 0 Å². The molecule has 1 aromatic heterocycles. The molecule has 2 nitrogen and oxygen atoms in total. The average molecular weight is 356 g/mol. The molecule has 1 aromatic rings. The molecule has 0 spiro atoms.